The molecule has 0 aromatic heterocycles. The molecule has 1 atom stereocenters. The molecule has 1 fully saturated rings. The predicted octanol–water partition coefficient (Wildman–Crippen LogP) is 4.72. The predicted molar refractivity (Wildman–Crippen MR) is 104 cm³/mol. The van der Waals surface area contributed by atoms with Gasteiger partial charge in [-0.15, -0.1) is 0 Å². The highest BCUT2D eigenvalue weighted by molar-refractivity contribution is 6.30. The number of fused-ring (bicyclic) bond motifs is 1. The van der Waals surface area contributed by atoms with E-state index in [0.29, 0.717) is 6.54 Å². The number of para-hydroxylation sites is 2. The van der Waals surface area contributed by atoms with Crippen molar-refractivity contribution in [2.75, 3.05) is 23.8 Å². The molecule has 0 radical (unpaired) electrons. The Hall–Kier alpha value is -2.04. The number of halogens is 1. The van der Waals surface area contributed by atoms with Gasteiger partial charge in [0.2, 0.25) is 0 Å². The van der Waals surface area contributed by atoms with Crippen molar-refractivity contribution in [3.05, 3.63) is 59.1 Å². The Morgan fingerprint density at radius 2 is 1.92 bits per heavy atom. The topological polar surface area (TPSA) is 45.7 Å². The van der Waals surface area contributed by atoms with E-state index >= 15 is 0 Å². The van der Waals surface area contributed by atoms with Crippen LogP contribution >= 0.6 is 11.6 Å². The van der Waals surface area contributed by atoms with Gasteiger partial charge in [-0.1, -0.05) is 35.9 Å². The summed E-state index contributed by atoms with van der Waals surface area (Å²) in [5, 5.41) is 8.07. The largest absolute Gasteiger partial charge is 0.381 e. The van der Waals surface area contributed by atoms with Crippen molar-refractivity contribution in [2.45, 2.75) is 31.3 Å². The third kappa shape index (κ3) is 3.51. The summed E-state index contributed by atoms with van der Waals surface area (Å²) < 4.78 is 5.70. The number of benzene rings is 2. The quantitative estimate of drug-likeness (QED) is 0.819. The summed E-state index contributed by atoms with van der Waals surface area (Å²) in [6, 6.07) is 16.2. The van der Waals surface area contributed by atoms with Crippen LogP contribution in [0.1, 0.15) is 24.8 Å². The van der Waals surface area contributed by atoms with Crippen LogP contribution in [0.2, 0.25) is 5.02 Å². The molecule has 2 heterocycles. The van der Waals surface area contributed by atoms with Gasteiger partial charge in [0.25, 0.3) is 0 Å². The summed E-state index contributed by atoms with van der Waals surface area (Å²) in [5.41, 5.74) is 3.12. The Balaban J connectivity index is 1.67. The van der Waals surface area contributed by atoms with E-state index in [1.165, 1.54) is 0 Å². The van der Waals surface area contributed by atoms with Crippen molar-refractivity contribution < 1.29 is 4.74 Å². The molecule has 2 N–H and O–H groups in total. The number of amidine groups is 1. The van der Waals surface area contributed by atoms with Gasteiger partial charge >= 0.3 is 0 Å². The summed E-state index contributed by atoms with van der Waals surface area (Å²) in [4.78, 5) is 4.94. The van der Waals surface area contributed by atoms with Crippen molar-refractivity contribution in [1.29, 1.82) is 0 Å². The van der Waals surface area contributed by atoms with E-state index in [1.54, 1.807) is 0 Å². The van der Waals surface area contributed by atoms with Gasteiger partial charge in [0.05, 0.1) is 23.5 Å². The molecule has 2 aromatic carbocycles. The van der Waals surface area contributed by atoms with Gasteiger partial charge in [0.1, 0.15) is 5.84 Å². The molecule has 5 heteroatoms. The number of hydrogen-bond donors (Lipinski definition) is 2. The van der Waals surface area contributed by atoms with Gasteiger partial charge in [0, 0.05) is 24.7 Å². The van der Waals surface area contributed by atoms with E-state index in [1.807, 2.05) is 24.3 Å². The first-order chi connectivity index (χ1) is 12.3. The zero-order valence-electron chi connectivity index (χ0n) is 14.1. The van der Waals surface area contributed by atoms with E-state index in [-0.39, 0.29) is 5.54 Å². The maximum absolute atomic E-state index is 6.10. The molecule has 4 rings (SSSR count). The van der Waals surface area contributed by atoms with Crippen LogP contribution in [-0.4, -0.2) is 24.6 Å². The van der Waals surface area contributed by atoms with Gasteiger partial charge in [-0.05, 0) is 42.7 Å². The van der Waals surface area contributed by atoms with Crippen molar-refractivity contribution in [3.63, 3.8) is 0 Å². The number of nitrogens with one attached hydrogen (secondary N) is 2. The lowest BCUT2D eigenvalue weighted by Gasteiger charge is -2.41. The SMILES string of the molecule is Clc1cccc(CN=C2Nc3ccccc3NC23CCCOCC3)c1. The van der Waals surface area contributed by atoms with Gasteiger partial charge < -0.3 is 15.4 Å². The lowest BCUT2D eigenvalue weighted by atomic mass is 9.86. The Kier molecular flexibility index (Phi) is 4.64. The van der Waals surface area contributed by atoms with Crippen LogP contribution in [0.25, 0.3) is 0 Å². The summed E-state index contributed by atoms with van der Waals surface area (Å²) in [5.74, 6) is 0.997. The number of nitrogens with zero attached hydrogens (tertiary/aromatic N) is 1. The first-order valence-electron chi connectivity index (χ1n) is 8.77. The molecule has 1 saturated heterocycles. The number of aliphatic imine (C=N–C) groups is 1. The average molecular weight is 356 g/mol. The van der Waals surface area contributed by atoms with Crippen molar-refractivity contribution in [1.82, 2.24) is 0 Å². The fourth-order valence-corrected chi connectivity index (χ4v) is 3.79. The molecular weight excluding hydrogens is 334 g/mol. The molecule has 25 heavy (non-hydrogen) atoms. The molecule has 2 aliphatic heterocycles. The maximum atomic E-state index is 6.10. The van der Waals surface area contributed by atoms with Gasteiger partial charge in [0.15, 0.2) is 0 Å². The number of anilines is 2. The van der Waals surface area contributed by atoms with E-state index in [9.17, 15) is 0 Å². The smallest absolute Gasteiger partial charge is 0.127 e. The van der Waals surface area contributed by atoms with Crippen LogP contribution < -0.4 is 10.6 Å². The van der Waals surface area contributed by atoms with Crippen molar-refractivity contribution >= 4 is 28.8 Å². The standard InChI is InChI=1S/C20H22ClN3O/c21-16-6-3-5-15(13-16)14-22-19-20(9-4-11-25-12-10-20)24-18-8-2-1-7-17(18)23-19/h1-3,5-8,13,24H,4,9-12,14H2,(H,22,23). The van der Waals surface area contributed by atoms with E-state index < -0.39 is 0 Å². The van der Waals surface area contributed by atoms with Crippen LogP contribution in [0, 0.1) is 0 Å². The molecule has 2 aliphatic rings. The number of ether oxygens (including phenoxy) is 1. The van der Waals surface area contributed by atoms with E-state index in [0.717, 1.165) is 60.3 Å². The fourth-order valence-electron chi connectivity index (χ4n) is 3.57. The van der Waals surface area contributed by atoms with Crippen LogP contribution in [-0.2, 0) is 11.3 Å². The molecule has 1 spiro atoms. The monoisotopic (exact) mass is 355 g/mol. The van der Waals surface area contributed by atoms with E-state index in [2.05, 4.69) is 34.9 Å². The summed E-state index contributed by atoms with van der Waals surface area (Å²) in [7, 11) is 0. The van der Waals surface area contributed by atoms with E-state index in [4.69, 9.17) is 21.3 Å². The molecule has 1 unspecified atom stereocenters. The maximum Gasteiger partial charge on any atom is 0.127 e. The van der Waals surface area contributed by atoms with Crippen molar-refractivity contribution in [2.24, 2.45) is 4.99 Å². The van der Waals surface area contributed by atoms with Crippen LogP contribution in [0.5, 0.6) is 0 Å². The molecular formula is C20H22ClN3O. The normalized spacial score (nSPS) is 24.3. The van der Waals surface area contributed by atoms with Crippen LogP contribution in [0.15, 0.2) is 53.5 Å². The Morgan fingerprint density at radius 3 is 2.80 bits per heavy atom. The number of rotatable bonds is 2. The Labute approximate surface area is 153 Å². The second kappa shape index (κ2) is 7.06. The highest BCUT2D eigenvalue weighted by Gasteiger charge is 2.40. The first kappa shape index (κ1) is 16.4. The molecule has 0 amide bonds. The lowest BCUT2D eigenvalue weighted by Crippen LogP contribution is -2.53. The first-order valence-corrected chi connectivity index (χ1v) is 9.14. The zero-order valence-corrected chi connectivity index (χ0v) is 14.9. The second-order valence-electron chi connectivity index (χ2n) is 6.64. The lowest BCUT2D eigenvalue weighted by molar-refractivity contribution is 0.142. The zero-order chi connectivity index (χ0) is 17.1. The summed E-state index contributed by atoms with van der Waals surface area (Å²) in [6.07, 6.45) is 2.93. The average Bonchev–Trinajstić information content (AvgIpc) is 2.86. The van der Waals surface area contributed by atoms with Gasteiger partial charge in [-0.2, -0.15) is 0 Å². The molecule has 130 valence electrons. The minimum absolute atomic E-state index is 0.191. The Bertz CT molecular complexity index is 782. The minimum Gasteiger partial charge on any atom is -0.381 e. The Morgan fingerprint density at radius 1 is 1.04 bits per heavy atom. The van der Waals surface area contributed by atoms with Gasteiger partial charge in [-0.3, -0.25) is 4.99 Å². The molecule has 2 aromatic rings. The summed E-state index contributed by atoms with van der Waals surface area (Å²) in [6.45, 7) is 2.16. The van der Waals surface area contributed by atoms with Crippen LogP contribution in [0.4, 0.5) is 11.4 Å². The molecule has 0 saturated carbocycles. The van der Waals surface area contributed by atoms with Gasteiger partial charge in [-0.25, -0.2) is 0 Å². The van der Waals surface area contributed by atoms with Crippen molar-refractivity contribution in [3.8, 4) is 0 Å². The molecule has 4 nitrogen and oxygen atoms in total. The third-order valence-electron chi connectivity index (χ3n) is 4.88. The number of hydrogen-bond acceptors (Lipinski definition) is 3. The molecule has 0 bridgehead atoms. The second-order valence-corrected chi connectivity index (χ2v) is 7.07. The highest BCUT2D eigenvalue weighted by atomic mass is 35.5. The fraction of sp³-hybridized carbons (Fsp3) is 0.350. The third-order valence-corrected chi connectivity index (χ3v) is 5.12. The highest BCUT2D eigenvalue weighted by Crippen LogP contribution is 2.36. The summed E-state index contributed by atoms with van der Waals surface area (Å²) >= 11 is 6.10. The van der Waals surface area contributed by atoms with Crippen LogP contribution in [0.3, 0.4) is 0 Å². The molecule has 0 aliphatic carbocycles. The minimum atomic E-state index is -0.191.